The predicted molar refractivity (Wildman–Crippen MR) is 98.1 cm³/mol. The number of benzene rings is 1. The Balaban J connectivity index is 1.37. The molecule has 3 saturated heterocycles. The van der Waals surface area contributed by atoms with Crippen LogP contribution in [0.15, 0.2) is 30.3 Å². The Morgan fingerprint density at radius 2 is 1.63 bits per heavy atom. The number of piperidine rings is 1. The molecule has 6 nitrogen and oxygen atoms in total. The van der Waals surface area contributed by atoms with Gasteiger partial charge in [-0.25, -0.2) is 4.79 Å². The van der Waals surface area contributed by atoms with E-state index in [9.17, 15) is 9.59 Å². The Bertz CT molecular complexity index is 644. The van der Waals surface area contributed by atoms with Crippen LogP contribution in [0.25, 0.3) is 0 Å². The van der Waals surface area contributed by atoms with E-state index in [-0.39, 0.29) is 36.6 Å². The predicted octanol–water partition coefficient (Wildman–Crippen LogP) is 2.80. The third-order valence-electron chi connectivity index (χ3n) is 5.96. The maximum absolute atomic E-state index is 12.9. The topological polar surface area (TPSA) is 65.1 Å². The Hall–Kier alpha value is -1.92. The maximum Gasteiger partial charge on any atom is 0.410 e. The fourth-order valence-corrected chi connectivity index (χ4v) is 4.55. The summed E-state index contributed by atoms with van der Waals surface area (Å²) in [7, 11) is 0. The van der Waals surface area contributed by atoms with Crippen LogP contribution in [-0.2, 0) is 25.6 Å². The lowest BCUT2D eigenvalue weighted by Crippen LogP contribution is -2.60. The van der Waals surface area contributed by atoms with Crippen LogP contribution in [0, 0.1) is 11.8 Å². The molecule has 0 saturated carbocycles. The van der Waals surface area contributed by atoms with Gasteiger partial charge in [0.25, 0.3) is 0 Å². The van der Waals surface area contributed by atoms with Crippen LogP contribution >= 0.6 is 0 Å². The largest absolute Gasteiger partial charge is 0.445 e. The summed E-state index contributed by atoms with van der Waals surface area (Å²) in [4.78, 5) is 27.5. The number of carbonyl (C=O) groups is 2. The molecule has 0 spiro atoms. The zero-order valence-corrected chi connectivity index (χ0v) is 15.5. The van der Waals surface area contributed by atoms with Gasteiger partial charge in [-0.2, -0.15) is 0 Å². The fraction of sp³-hybridized carbons (Fsp3) is 0.619. The first kappa shape index (κ1) is 18.4. The van der Waals surface area contributed by atoms with Crippen molar-refractivity contribution in [1.82, 2.24) is 4.90 Å². The summed E-state index contributed by atoms with van der Waals surface area (Å²) in [5.41, 5.74) is 0.969. The van der Waals surface area contributed by atoms with Gasteiger partial charge in [-0.3, -0.25) is 9.69 Å². The molecule has 0 N–H and O–H groups in total. The highest BCUT2D eigenvalue weighted by molar-refractivity contribution is 5.84. The highest BCUT2D eigenvalue weighted by Crippen LogP contribution is 2.35. The Labute approximate surface area is 159 Å². The zero-order chi connectivity index (χ0) is 18.6. The molecule has 3 aliphatic heterocycles. The SMILES string of the molecule is O=C(C1CCOCC1)C1CC2COCC(C1)N2C(=O)OCc1ccccc1. The van der Waals surface area contributed by atoms with E-state index in [4.69, 9.17) is 14.2 Å². The molecule has 0 radical (unpaired) electrons. The molecule has 2 bridgehead atoms. The molecule has 146 valence electrons. The molecule has 1 amide bonds. The van der Waals surface area contributed by atoms with E-state index >= 15 is 0 Å². The van der Waals surface area contributed by atoms with Crippen molar-refractivity contribution in [2.24, 2.45) is 11.8 Å². The first-order valence-corrected chi connectivity index (χ1v) is 9.90. The van der Waals surface area contributed by atoms with E-state index in [1.165, 1.54) is 0 Å². The van der Waals surface area contributed by atoms with Crippen LogP contribution in [0.1, 0.15) is 31.2 Å². The normalized spacial score (nSPS) is 28.6. The summed E-state index contributed by atoms with van der Waals surface area (Å²) >= 11 is 0. The molecule has 6 heteroatoms. The Kier molecular flexibility index (Phi) is 5.74. The first-order valence-electron chi connectivity index (χ1n) is 9.90. The van der Waals surface area contributed by atoms with E-state index in [2.05, 4.69) is 0 Å². The Morgan fingerprint density at radius 1 is 0.963 bits per heavy atom. The molecule has 3 heterocycles. The molecule has 27 heavy (non-hydrogen) atoms. The van der Waals surface area contributed by atoms with Gasteiger partial charge < -0.3 is 14.2 Å². The summed E-state index contributed by atoms with van der Waals surface area (Å²) in [5, 5.41) is 0. The number of nitrogens with zero attached hydrogens (tertiary/aromatic N) is 1. The van der Waals surface area contributed by atoms with Crippen LogP contribution in [0.4, 0.5) is 4.79 Å². The quantitative estimate of drug-likeness (QED) is 0.812. The molecule has 4 rings (SSSR count). The lowest BCUT2D eigenvalue weighted by atomic mass is 9.77. The third kappa shape index (κ3) is 4.17. The van der Waals surface area contributed by atoms with Crippen LogP contribution in [0.2, 0.25) is 0 Å². The van der Waals surface area contributed by atoms with Crippen LogP contribution in [-0.4, -0.2) is 55.3 Å². The molecule has 2 unspecified atom stereocenters. The van der Waals surface area contributed by atoms with Crippen molar-refractivity contribution in [1.29, 1.82) is 0 Å². The summed E-state index contributed by atoms with van der Waals surface area (Å²) < 4.78 is 16.6. The van der Waals surface area contributed by atoms with Crippen LogP contribution < -0.4 is 0 Å². The van der Waals surface area contributed by atoms with E-state index in [0.717, 1.165) is 18.4 Å². The molecule has 2 atom stereocenters. The molecule has 0 aliphatic carbocycles. The molecule has 1 aromatic carbocycles. The van der Waals surface area contributed by atoms with Crippen molar-refractivity contribution in [3.05, 3.63) is 35.9 Å². The number of hydrogen-bond acceptors (Lipinski definition) is 5. The van der Waals surface area contributed by atoms with Crippen LogP contribution in [0.3, 0.4) is 0 Å². The van der Waals surface area contributed by atoms with E-state index < -0.39 is 0 Å². The number of hydrogen-bond donors (Lipinski definition) is 0. The number of morpholine rings is 1. The van der Waals surface area contributed by atoms with Gasteiger partial charge in [0.05, 0.1) is 25.3 Å². The highest BCUT2D eigenvalue weighted by atomic mass is 16.6. The van der Waals surface area contributed by atoms with Crippen molar-refractivity contribution in [2.45, 2.75) is 44.4 Å². The standard InChI is InChI=1S/C21H27NO5/c23-20(16-6-8-25-9-7-16)17-10-18-13-26-14-19(11-17)22(18)21(24)27-12-15-4-2-1-3-5-15/h1-5,16-19H,6-14H2. The second kappa shape index (κ2) is 8.40. The van der Waals surface area contributed by atoms with Gasteiger partial charge >= 0.3 is 6.09 Å². The summed E-state index contributed by atoms with van der Waals surface area (Å²) in [6.45, 7) is 2.58. The van der Waals surface area contributed by atoms with Gasteiger partial charge in [-0.15, -0.1) is 0 Å². The van der Waals surface area contributed by atoms with Gasteiger partial charge in [0.1, 0.15) is 12.4 Å². The number of Topliss-reactive ketones (excluding diaryl/α,β-unsaturated/α-hetero) is 1. The lowest BCUT2D eigenvalue weighted by Gasteiger charge is -2.47. The Morgan fingerprint density at radius 3 is 2.30 bits per heavy atom. The smallest absolute Gasteiger partial charge is 0.410 e. The monoisotopic (exact) mass is 373 g/mol. The lowest BCUT2D eigenvalue weighted by molar-refractivity contribution is -0.137. The van der Waals surface area contributed by atoms with E-state index in [0.29, 0.717) is 45.1 Å². The summed E-state index contributed by atoms with van der Waals surface area (Å²) in [6, 6.07) is 9.53. The van der Waals surface area contributed by atoms with Gasteiger partial charge in [0, 0.05) is 25.0 Å². The molecular weight excluding hydrogens is 346 g/mol. The molecule has 3 aliphatic rings. The van der Waals surface area contributed by atoms with Gasteiger partial charge in [0.2, 0.25) is 0 Å². The number of carbonyl (C=O) groups excluding carboxylic acids is 2. The third-order valence-corrected chi connectivity index (χ3v) is 5.96. The molecule has 1 aromatic rings. The number of fused-ring (bicyclic) bond motifs is 2. The maximum atomic E-state index is 12.9. The van der Waals surface area contributed by atoms with Crippen molar-refractivity contribution in [2.75, 3.05) is 26.4 Å². The van der Waals surface area contributed by atoms with E-state index in [1.807, 2.05) is 35.2 Å². The minimum Gasteiger partial charge on any atom is -0.445 e. The van der Waals surface area contributed by atoms with Crippen molar-refractivity contribution in [3.8, 4) is 0 Å². The van der Waals surface area contributed by atoms with Gasteiger partial charge in [-0.1, -0.05) is 30.3 Å². The van der Waals surface area contributed by atoms with Crippen molar-refractivity contribution in [3.63, 3.8) is 0 Å². The van der Waals surface area contributed by atoms with Crippen LogP contribution in [0.5, 0.6) is 0 Å². The van der Waals surface area contributed by atoms with Gasteiger partial charge in [0.15, 0.2) is 0 Å². The number of amides is 1. The average Bonchev–Trinajstić information content (AvgIpc) is 2.72. The van der Waals surface area contributed by atoms with Gasteiger partial charge in [-0.05, 0) is 31.2 Å². The number of ether oxygens (including phenoxy) is 3. The minimum atomic E-state index is -0.297. The number of ketones is 1. The second-order valence-electron chi connectivity index (χ2n) is 7.75. The molecule has 3 fully saturated rings. The molecular formula is C21H27NO5. The fourth-order valence-electron chi connectivity index (χ4n) is 4.55. The van der Waals surface area contributed by atoms with Crippen molar-refractivity contribution < 1.29 is 23.8 Å². The molecule has 0 aromatic heterocycles. The first-order chi connectivity index (χ1) is 13.2. The van der Waals surface area contributed by atoms with Crippen molar-refractivity contribution >= 4 is 11.9 Å². The average molecular weight is 373 g/mol. The number of rotatable bonds is 4. The summed E-state index contributed by atoms with van der Waals surface area (Å²) in [6.07, 6.45) is 2.70. The zero-order valence-electron chi connectivity index (χ0n) is 15.5. The summed E-state index contributed by atoms with van der Waals surface area (Å²) in [5.74, 6) is 0.486. The van der Waals surface area contributed by atoms with E-state index in [1.54, 1.807) is 0 Å². The second-order valence-corrected chi connectivity index (χ2v) is 7.75. The minimum absolute atomic E-state index is 0.0187. The highest BCUT2D eigenvalue weighted by Gasteiger charge is 2.45.